The molecule has 0 aliphatic carbocycles. The number of nitrogens with two attached hydrogens (primary N) is 1. The van der Waals surface area contributed by atoms with E-state index in [9.17, 15) is 8.42 Å². The summed E-state index contributed by atoms with van der Waals surface area (Å²) in [7, 11) is -1.61. The number of rotatable bonds is 7. The molecule has 1 fully saturated rings. The van der Waals surface area contributed by atoms with Crippen LogP contribution in [0.1, 0.15) is 19.8 Å². The van der Waals surface area contributed by atoms with Gasteiger partial charge in [0.1, 0.15) is 0 Å². The van der Waals surface area contributed by atoms with Gasteiger partial charge in [0.25, 0.3) is 0 Å². The Hall–Kier alpha value is -0.900. The molecule has 20 heavy (non-hydrogen) atoms. The molecule has 1 rings (SSSR count). The van der Waals surface area contributed by atoms with Gasteiger partial charge >= 0.3 is 0 Å². The van der Waals surface area contributed by atoms with Crippen LogP contribution < -0.4 is 10.5 Å². The molecular formula is C11H24N4O4S. The molecular weight excluding hydrogens is 284 g/mol. The van der Waals surface area contributed by atoms with E-state index in [0.29, 0.717) is 32.5 Å². The molecule has 0 unspecified atom stereocenters. The predicted molar refractivity (Wildman–Crippen MR) is 76.3 cm³/mol. The van der Waals surface area contributed by atoms with Gasteiger partial charge in [-0.2, -0.15) is 0 Å². The van der Waals surface area contributed by atoms with E-state index in [4.69, 9.17) is 15.7 Å². The molecule has 1 aliphatic rings. The Bertz CT molecular complexity index is 430. The van der Waals surface area contributed by atoms with Crippen LogP contribution in [0.15, 0.2) is 5.16 Å². The number of ether oxygens (including phenoxy) is 1. The van der Waals surface area contributed by atoms with E-state index in [0.717, 1.165) is 0 Å². The summed E-state index contributed by atoms with van der Waals surface area (Å²) < 4.78 is 31.8. The highest BCUT2D eigenvalue weighted by molar-refractivity contribution is 7.89. The molecule has 0 saturated carbocycles. The number of amidine groups is 1. The first kappa shape index (κ1) is 17.2. The molecule has 118 valence electrons. The fourth-order valence-corrected chi connectivity index (χ4v) is 3.51. The molecule has 8 nitrogen and oxygen atoms in total. The van der Waals surface area contributed by atoms with Gasteiger partial charge in [-0.25, -0.2) is 13.1 Å². The molecule has 1 heterocycles. The van der Waals surface area contributed by atoms with Crippen molar-refractivity contribution in [3.05, 3.63) is 0 Å². The summed E-state index contributed by atoms with van der Waals surface area (Å²) in [6.07, 6.45) is 0.931. The number of likely N-dealkylation sites (tertiary alicyclic amines) is 1. The van der Waals surface area contributed by atoms with Gasteiger partial charge in [-0.1, -0.05) is 5.16 Å². The van der Waals surface area contributed by atoms with Gasteiger partial charge in [-0.3, -0.25) is 0 Å². The minimum absolute atomic E-state index is 0.0921. The maximum Gasteiger partial charge on any atom is 0.214 e. The maximum atomic E-state index is 12.1. The second-order valence-corrected chi connectivity index (χ2v) is 6.83. The van der Waals surface area contributed by atoms with Crippen molar-refractivity contribution < 1.29 is 18.4 Å². The lowest BCUT2D eigenvalue weighted by molar-refractivity contribution is 0.162. The topological polar surface area (TPSA) is 117 Å². The first-order chi connectivity index (χ1) is 9.35. The number of piperidine rings is 1. The minimum atomic E-state index is -3.55. The highest BCUT2D eigenvalue weighted by atomic mass is 32.2. The van der Waals surface area contributed by atoms with Gasteiger partial charge in [-0.15, -0.1) is 0 Å². The van der Waals surface area contributed by atoms with Crippen LogP contribution in [-0.2, 0) is 14.8 Å². The van der Waals surface area contributed by atoms with Crippen LogP contribution >= 0.6 is 0 Å². The first-order valence-corrected chi connectivity index (χ1v) is 8.26. The van der Waals surface area contributed by atoms with Crippen LogP contribution in [0.5, 0.6) is 0 Å². The summed E-state index contributed by atoms with van der Waals surface area (Å²) in [5.74, 6) is -0.234. The van der Waals surface area contributed by atoms with Crippen molar-refractivity contribution in [2.24, 2.45) is 10.9 Å². The smallest absolute Gasteiger partial charge is 0.214 e. The maximum absolute atomic E-state index is 12.1. The van der Waals surface area contributed by atoms with Gasteiger partial charge in [0.05, 0.1) is 17.9 Å². The molecule has 0 spiro atoms. The molecule has 0 atom stereocenters. The lowest BCUT2D eigenvalue weighted by Gasteiger charge is -2.39. The third kappa shape index (κ3) is 4.58. The average Bonchev–Trinajstić information content (AvgIpc) is 2.40. The summed E-state index contributed by atoms with van der Waals surface area (Å²) in [4.78, 5) is 2.07. The molecule has 0 amide bonds. The molecule has 0 aromatic rings. The van der Waals surface area contributed by atoms with Crippen LogP contribution in [0.3, 0.4) is 0 Å². The van der Waals surface area contributed by atoms with Crippen molar-refractivity contribution >= 4 is 15.9 Å². The normalized spacial score (nSPS) is 21.0. The van der Waals surface area contributed by atoms with E-state index in [1.165, 1.54) is 0 Å². The molecule has 1 aliphatic heterocycles. The van der Waals surface area contributed by atoms with Gasteiger partial charge < -0.3 is 20.6 Å². The van der Waals surface area contributed by atoms with E-state index < -0.39 is 15.6 Å². The van der Waals surface area contributed by atoms with Crippen LogP contribution in [0, 0.1) is 0 Å². The van der Waals surface area contributed by atoms with Crippen molar-refractivity contribution in [3.63, 3.8) is 0 Å². The van der Waals surface area contributed by atoms with Gasteiger partial charge in [0.15, 0.2) is 5.84 Å². The Balaban J connectivity index is 2.80. The second-order valence-electron chi connectivity index (χ2n) is 4.99. The second kappa shape index (κ2) is 7.21. The predicted octanol–water partition coefficient (Wildman–Crippen LogP) is -0.847. The number of hydrogen-bond acceptors (Lipinski definition) is 6. The Morgan fingerprint density at radius 3 is 2.60 bits per heavy atom. The van der Waals surface area contributed by atoms with E-state index in [2.05, 4.69) is 14.8 Å². The van der Waals surface area contributed by atoms with Gasteiger partial charge in [0, 0.05) is 19.7 Å². The molecule has 9 heteroatoms. The third-order valence-corrected chi connectivity index (χ3v) is 4.90. The average molecular weight is 308 g/mol. The molecule has 4 N–H and O–H groups in total. The lowest BCUT2D eigenvalue weighted by Crippen LogP contribution is -2.62. The van der Waals surface area contributed by atoms with Gasteiger partial charge in [0.2, 0.25) is 10.0 Å². The lowest BCUT2D eigenvalue weighted by atomic mass is 9.88. The van der Waals surface area contributed by atoms with Crippen molar-refractivity contribution in [1.29, 1.82) is 0 Å². The Kier molecular flexibility index (Phi) is 6.18. The fraction of sp³-hybridized carbons (Fsp3) is 0.909. The van der Waals surface area contributed by atoms with Gasteiger partial charge in [-0.05, 0) is 26.8 Å². The first-order valence-electron chi connectivity index (χ1n) is 6.61. The zero-order valence-corrected chi connectivity index (χ0v) is 12.8. The Labute approximate surface area is 120 Å². The van der Waals surface area contributed by atoms with E-state index >= 15 is 0 Å². The van der Waals surface area contributed by atoms with Crippen LogP contribution in [-0.4, -0.2) is 69.0 Å². The van der Waals surface area contributed by atoms with E-state index in [-0.39, 0.29) is 18.2 Å². The fourth-order valence-electron chi connectivity index (χ4n) is 2.17. The van der Waals surface area contributed by atoms with Crippen molar-refractivity contribution in [2.45, 2.75) is 25.3 Å². The quantitative estimate of drug-likeness (QED) is 0.185. The van der Waals surface area contributed by atoms with Crippen molar-refractivity contribution in [3.8, 4) is 0 Å². The highest BCUT2D eigenvalue weighted by Gasteiger charge is 2.41. The number of oxime groups is 1. The Morgan fingerprint density at radius 1 is 1.50 bits per heavy atom. The summed E-state index contributed by atoms with van der Waals surface area (Å²) in [5.41, 5.74) is 4.71. The molecule has 0 radical (unpaired) electrons. The molecule has 0 aromatic carbocycles. The van der Waals surface area contributed by atoms with Crippen molar-refractivity contribution in [1.82, 2.24) is 9.62 Å². The number of sulfonamides is 1. The molecule has 0 bridgehead atoms. The number of nitrogens with zero attached hydrogens (tertiary/aromatic N) is 2. The van der Waals surface area contributed by atoms with Crippen LogP contribution in [0.25, 0.3) is 0 Å². The third-order valence-electron chi connectivity index (χ3n) is 3.49. The van der Waals surface area contributed by atoms with Crippen LogP contribution in [0.4, 0.5) is 0 Å². The standard InChI is InChI=1S/C11H24N4O4S/c1-3-19-8-9-20(17,18)14-11(10(12)13-16)4-6-15(2)7-5-11/h14,16H,3-9H2,1-2H3,(H2,12,13). The summed E-state index contributed by atoms with van der Waals surface area (Å²) in [6, 6.07) is 0. The Morgan fingerprint density at radius 2 is 2.10 bits per heavy atom. The minimum Gasteiger partial charge on any atom is -0.409 e. The SMILES string of the molecule is CCOCCS(=O)(=O)NC1(C(N)=NO)CCN(C)CC1. The van der Waals surface area contributed by atoms with Crippen LogP contribution in [0.2, 0.25) is 0 Å². The summed E-state index contributed by atoms with van der Waals surface area (Å²) in [5, 5.41) is 11.9. The largest absolute Gasteiger partial charge is 0.409 e. The zero-order chi connectivity index (χ0) is 15.2. The molecule has 0 aromatic heterocycles. The zero-order valence-electron chi connectivity index (χ0n) is 12.0. The van der Waals surface area contributed by atoms with E-state index in [1.54, 1.807) is 6.92 Å². The summed E-state index contributed by atoms with van der Waals surface area (Å²) >= 11 is 0. The highest BCUT2D eigenvalue weighted by Crippen LogP contribution is 2.23. The van der Waals surface area contributed by atoms with Crippen molar-refractivity contribution in [2.75, 3.05) is 39.1 Å². The monoisotopic (exact) mass is 308 g/mol. The number of hydrogen-bond donors (Lipinski definition) is 3. The number of nitrogens with one attached hydrogen (secondary N) is 1. The molecule has 1 saturated heterocycles. The van der Waals surface area contributed by atoms with E-state index in [1.807, 2.05) is 7.05 Å². The summed E-state index contributed by atoms with van der Waals surface area (Å²) in [6.45, 7) is 3.73.